The van der Waals surface area contributed by atoms with Gasteiger partial charge in [0, 0.05) is 25.6 Å². The van der Waals surface area contributed by atoms with Gasteiger partial charge in [-0.2, -0.15) is 0 Å². The molecule has 1 fully saturated rings. The van der Waals surface area contributed by atoms with Crippen LogP contribution >= 0.6 is 0 Å². The lowest BCUT2D eigenvalue weighted by molar-refractivity contribution is -0.122. The minimum Gasteiger partial charge on any atom is -0.503 e. The van der Waals surface area contributed by atoms with Crippen molar-refractivity contribution in [3.05, 3.63) is 29.3 Å². The number of piperidine rings is 1. The molecule has 6 heteroatoms. The molecule has 1 unspecified atom stereocenters. The van der Waals surface area contributed by atoms with E-state index in [-0.39, 0.29) is 18.5 Å². The van der Waals surface area contributed by atoms with Crippen LogP contribution in [-0.4, -0.2) is 23.6 Å². The molecule has 2 rings (SSSR count). The van der Waals surface area contributed by atoms with Crippen molar-refractivity contribution < 1.29 is 18.7 Å². The summed E-state index contributed by atoms with van der Waals surface area (Å²) < 4.78 is 26.2. The number of benzene rings is 1. The van der Waals surface area contributed by atoms with Gasteiger partial charge in [-0.15, -0.1) is 0 Å². The normalized spacial score (nSPS) is 19.7. The van der Waals surface area contributed by atoms with Crippen molar-refractivity contribution in [1.29, 1.82) is 0 Å². The molecule has 1 atom stereocenters. The third-order valence-electron chi connectivity index (χ3n) is 2.94. The smallest absolute Gasteiger partial charge is 0.220 e. The second-order valence-corrected chi connectivity index (χ2v) is 4.33. The molecule has 3 N–H and O–H groups in total. The zero-order chi connectivity index (χ0) is 13.1. The molecule has 0 aromatic heterocycles. The van der Waals surface area contributed by atoms with Gasteiger partial charge < -0.3 is 15.7 Å². The molecule has 1 aromatic rings. The van der Waals surface area contributed by atoms with E-state index in [2.05, 4.69) is 10.6 Å². The second kappa shape index (κ2) is 5.30. The zero-order valence-electron chi connectivity index (χ0n) is 9.67. The van der Waals surface area contributed by atoms with Crippen LogP contribution in [0.1, 0.15) is 18.4 Å². The summed E-state index contributed by atoms with van der Waals surface area (Å²) in [5.74, 6) is -2.87. The highest BCUT2D eigenvalue weighted by atomic mass is 19.1. The van der Waals surface area contributed by atoms with Crippen LogP contribution in [0.2, 0.25) is 0 Å². The molecule has 1 aliphatic rings. The minimum absolute atomic E-state index is 0.0229. The van der Waals surface area contributed by atoms with Crippen LogP contribution in [0.4, 0.5) is 8.78 Å². The Balaban J connectivity index is 1.92. The summed E-state index contributed by atoms with van der Waals surface area (Å²) in [6.07, 6.45) is 1.16. The van der Waals surface area contributed by atoms with E-state index in [1.807, 2.05) is 0 Å². The Morgan fingerprint density at radius 2 is 2.06 bits per heavy atom. The van der Waals surface area contributed by atoms with Crippen molar-refractivity contribution >= 4 is 5.91 Å². The number of hydrogen-bond donors (Lipinski definition) is 3. The molecule has 0 radical (unpaired) electrons. The minimum atomic E-state index is -0.969. The van der Waals surface area contributed by atoms with Gasteiger partial charge in [0.05, 0.1) is 0 Å². The van der Waals surface area contributed by atoms with Gasteiger partial charge in [0.15, 0.2) is 17.4 Å². The van der Waals surface area contributed by atoms with E-state index in [0.29, 0.717) is 24.9 Å². The molecule has 1 saturated heterocycles. The number of aromatic hydroxyl groups is 1. The van der Waals surface area contributed by atoms with E-state index in [1.54, 1.807) is 0 Å². The van der Waals surface area contributed by atoms with Crippen molar-refractivity contribution in [2.75, 3.05) is 6.54 Å². The Hall–Kier alpha value is -1.69. The Morgan fingerprint density at radius 3 is 2.61 bits per heavy atom. The molecule has 1 aromatic carbocycles. The summed E-state index contributed by atoms with van der Waals surface area (Å²) in [5, 5.41) is 14.8. The predicted octanol–water partition coefficient (Wildman–Crippen LogP) is 1.04. The van der Waals surface area contributed by atoms with Gasteiger partial charge in [0.1, 0.15) is 0 Å². The lowest BCUT2D eigenvalue weighted by Gasteiger charge is -2.23. The van der Waals surface area contributed by atoms with Gasteiger partial charge in [0.25, 0.3) is 0 Å². The van der Waals surface area contributed by atoms with Gasteiger partial charge in [-0.1, -0.05) is 0 Å². The Morgan fingerprint density at radius 1 is 1.39 bits per heavy atom. The first-order valence-electron chi connectivity index (χ1n) is 5.73. The first kappa shape index (κ1) is 12.8. The zero-order valence-corrected chi connectivity index (χ0v) is 9.67. The lowest BCUT2D eigenvalue weighted by atomic mass is 10.1. The first-order valence-corrected chi connectivity index (χ1v) is 5.73. The van der Waals surface area contributed by atoms with Crippen molar-refractivity contribution in [1.82, 2.24) is 10.6 Å². The van der Waals surface area contributed by atoms with Crippen LogP contribution in [0.15, 0.2) is 12.1 Å². The fourth-order valence-corrected chi connectivity index (χ4v) is 1.89. The van der Waals surface area contributed by atoms with E-state index in [0.717, 1.165) is 12.1 Å². The summed E-state index contributed by atoms with van der Waals surface area (Å²) in [6.45, 7) is 0.802. The molecule has 1 amide bonds. The molecule has 4 nitrogen and oxygen atoms in total. The van der Waals surface area contributed by atoms with Gasteiger partial charge in [-0.25, -0.2) is 8.78 Å². The first-order chi connectivity index (χ1) is 8.56. The van der Waals surface area contributed by atoms with Crippen LogP contribution in [0.25, 0.3) is 0 Å². The number of carbonyl (C=O) groups is 1. The van der Waals surface area contributed by atoms with Gasteiger partial charge >= 0.3 is 0 Å². The number of carbonyl (C=O) groups excluding carboxylic acids is 1. The Bertz CT molecular complexity index is 432. The number of amides is 1. The van der Waals surface area contributed by atoms with Gasteiger partial charge in [0.2, 0.25) is 5.91 Å². The average molecular weight is 256 g/mol. The standard InChI is InChI=1S/C12H14F2N2O2/c13-9-3-7(4-10(14)12(9)18)5-15-8-1-2-11(17)16-6-8/h3-4,8,15,18H,1-2,5-6H2,(H,16,17). The third-order valence-corrected chi connectivity index (χ3v) is 2.94. The second-order valence-electron chi connectivity index (χ2n) is 4.33. The number of nitrogens with one attached hydrogen (secondary N) is 2. The summed E-state index contributed by atoms with van der Waals surface area (Å²) in [4.78, 5) is 10.9. The molecular formula is C12H14F2N2O2. The molecule has 0 spiro atoms. The molecule has 1 heterocycles. The topological polar surface area (TPSA) is 61.4 Å². The van der Waals surface area contributed by atoms with E-state index >= 15 is 0 Å². The molecule has 98 valence electrons. The Kier molecular flexibility index (Phi) is 3.76. The van der Waals surface area contributed by atoms with Crippen molar-refractivity contribution in [3.8, 4) is 5.75 Å². The lowest BCUT2D eigenvalue weighted by Crippen LogP contribution is -2.45. The number of hydrogen-bond acceptors (Lipinski definition) is 3. The summed E-state index contributed by atoms with van der Waals surface area (Å²) in [6, 6.07) is 2.28. The fourth-order valence-electron chi connectivity index (χ4n) is 1.89. The molecule has 0 saturated carbocycles. The quantitative estimate of drug-likeness (QED) is 0.757. The molecule has 18 heavy (non-hydrogen) atoms. The van der Waals surface area contributed by atoms with E-state index in [1.165, 1.54) is 0 Å². The van der Waals surface area contributed by atoms with Crippen molar-refractivity contribution in [2.24, 2.45) is 0 Å². The summed E-state index contributed by atoms with van der Waals surface area (Å²) in [7, 11) is 0. The molecule has 1 aliphatic heterocycles. The highest BCUT2D eigenvalue weighted by molar-refractivity contribution is 5.76. The summed E-state index contributed by atoms with van der Waals surface area (Å²) in [5.41, 5.74) is 0.416. The number of phenols is 1. The molecule has 0 bridgehead atoms. The maximum absolute atomic E-state index is 13.1. The van der Waals surface area contributed by atoms with E-state index in [4.69, 9.17) is 5.11 Å². The van der Waals surface area contributed by atoms with Crippen molar-refractivity contribution in [3.63, 3.8) is 0 Å². The maximum Gasteiger partial charge on any atom is 0.220 e. The van der Waals surface area contributed by atoms with Gasteiger partial charge in [-0.3, -0.25) is 4.79 Å². The SMILES string of the molecule is O=C1CCC(NCc2cc(F)c(O)c(F)c2)CN1. The van der Waals surface area contributed by atoms with E-state index < -0.39 is 17.4 Å². The number of rotatable bonds is 3. The van der Waals surface area contributed by atoms with Gasteiger partial charge in [-0.05, 0) is 24.1 Å². The number of phenolic OH excluding ortho intramolecular Hbond substituents is 1. The monoisotopic (exact) mass is 256 g/mol. The maximum atomic E-state index is 13.1. The van der Waals surface area contributed by atoms with E-state index in [9.17, 15) is 13.6 Å². The average Bonchev–Trinajstić information content (AvgIpc) is 2.35. The van der Waals surface area contributed by atoms with Crippen LogP contribution in [-0.2, 0) is 11.3 Å². The largest absolute Gasteiger partial charge is 0.503 e. The Labute approximate surface area is 103 Å². The highest BCUT2D eigenvalue weighted by Crippen LogP contribution is 2.21. The van der Waals surface area contributed by atoms with Crippen LogP contribution in [0.5, 0.6) is 5.75 Å². The highest BCUT2D eigenvalue weighted by Gasteiger charge is 2.17. The summed E-state index contributed by atoms with van der Waals surface area (Å²) >= 11 is 0. The van der Waals surface area contributed by atoms with Crippen LogP contribution in [0.3, 0.4) is 0 Å². The third kappa shape index (κ3) is 2.95. The van der Waals surface area contributed by atoms with Crippen LogP contribution < -0.4 is 10.6 Å². The molecular weight excluding hydrogens is 242 g/mol. The van der Waals surface area contributed by atoms with Crippen LogP contribution in [0, 0.1) is 11.6 Å². The fraction of sp³-hybridized carbons (Fsp3) is 0.417. The predicted molar refractivity (Wildman–Crippen MR) is 60.9 cm³/mol. The van der Waals surface area contributed by atoms with Crippen molar-refractivity contribution in [2.45, 2.75) is 25.4 Å². The molecule has 0 aliphatic carbocycles. The number of halogens is 2.